The maximum absolute atomic E-state index is 14.5. The van der Waals surface area contributed by atoms with Gasteiger partial charge in [0.2, 0.25) is 5.91 Å². The van der Waals surface area contributed by atoms with Gasteiger partial charge in [0.15, 0.2) is 0 Å². The van der Waals surface area contributed by atoms with Crippen molar-refractivity contribution in [2.24, 2.45) is 10.6 Å². The molecule has 1 atom stereocenters. The molecule has 1 amide bonds. The van der Waals surface area contributed by atoms with E-state index in [9.17, 15) is 18.0 Å². The van der Waals surface area contributed by atoms with Crippen molar-refractivity contribution in [2.45, 2.75) is 84.3 Å². The fraction of sp³-hybridized carbons (Fsp3) is 0.568. The zero-order valence-electron chi connectivity index (χ0n) is 30.0. The summed E-state index contributed by atoms with van der Waals surface area (Å²) >= 11 is 0. The largest absolute Gasteiger partial charge is 0.497 e. The summed E-state index contributed by atoms with van der Waals surface area (Å²) < 4.78 is 43.4. The van der Waals surface area contributed by atoms with Gasteiger partial charge in [-0.25, -0.2) is 9.93 Å². The van der Waals surface area contributed by atoms with E-state index in [0.717, 1.165) is 50.6 Å². The monoisotopic (exact) mass is 696 g/mol. The molecule has 0 bridgehead atoms. The van der Waals surface area contributed by atoms with Crippen molar-refractivity contribution in [1.82, 2.24) is 13.8 Å². The van der Waals surface area contributed by atoms with E-state index < -0.39 is 21.2 Å². The average Bonchev–Trinajstić information content (AvgIpc) is 3.28. The number of fused-ring (bicyclic) bond motifs is 5. The van der Waals surface area contributed by atoms with Gasteiger partial charge >= 0.3 is 5.97 Å². The first kappa shape index (κ1) is 36.8. The number of rotatable bonds is 11. The standard InChI is InChI=1S/C37H52N4O7S/c1-36(2,3)48-34(42)26-13-15-30-31(22-26)41-24-37(4,35(43)39(5)17-19-47-20-18-40(6)49(38,44)45)23-27-21-28(46-7)14-16-29(27)33(41)32(30)25-11-9-8-10-12-25/h13-16,21-22,25H,8-12,17-20,23-24H2,1-7H3,(H2,38,44,45)/t37-/m0/s1. The maximum atomic E-state index is 14.5. The average molecular weight is 697 g/mol. The molecular weight excluding hydrogens is 644 g/mol. The number of nitrogens with zero attached hydrogens (tertiary/aromatic N) is 3. The molecule has 268 valence electrons. The van der Waals surface area contributed by atoms with Crippen LogP contribution in [0, 0.1) is 5.41 Å². The molecule has 3 aromatic rings. The van der Waals surface area contributed by atoms with Crippen LogP contribution < -0.4 is 9.88 Å². The van der Waals surface area contributed by atoms with Crippen LogP contribution in [0.2, 0.25) is 0 Å². The van der Waals surface area contributed by atoms with Crippen LogP contribution >= 0.6 is 0 Å². The highest BCUT2D eigenvalue weighted by Gasteiger charge is 2.42. The quantitative estimate of drug-likeness (QED) is 0.207. The molecule has 0 radical (unpaired) electrons. The molecule has 2 N–H and O–H groups in total. The number of benzene rings is 2. The molecule has 1 saturated carbocycles. The summed E-state index contributed by atoms with van der Waals surface area (Å²) in [5.41, 5.74) is 4.44. The van der Waals surface area contributed by atoms with Gasteiger partial charge in [-0.2, -0.15) is 12.7 Å². The molecule has 1 aromatic heterocycles. The SMILES string of the molecule is COc1ccc2c(c1)C[C@](C)(C(=O)N(C)CCOCCN(C)S(N)(=O)=O)Cn1c-2c(C2CCCCC2)c2ccc(C(=O)OC(C)(C)C)cc21. The molecule has 2 aromatic carbocycles. The van der Waals surface area contributed by atoms with Crippen molar-refractivity contribution in [2.75, 3.05) is 47.5 Å². The fourth-order valence-corrected chi connectivity index (χ4v) is 7.66. The lowest BCUT2D eigenvalue weighted by molar-refractivity contribution is -0.141. The second-order valence-electron chi connectivity index (χ2n) is 14.9. The highest BCUT2D eigenvalue weighted by atomic mass is 32.2. The van der Waals surface area contributed by atoms with Crippen molar-refractivity contribution < 1.29 is 32.2 Å². The zero-order valence-corrected chi connectivity index (χ0v) is 30.8. The number of likely N-dealkylation sites (N-methyl/N-ethyl adjacent to an activating group) is 2. The van der Waals surface area contributed by atoms with Crippen molar-refractivity contribution in [3.8, 4) is 17.0 Å². The highest BCUT2D eigenvalue weighted by Crippen LogP contribution is 2.49. The number of carbonyl (C=O) groups is 2. The topological polar surface area (TPSA) is 133 Å². The Morgan fingerprint density at radius 1 is 1.02 bits per heavy atom. The third-order valence-electron chi connectivity index (χ3n) is 9.83. The second kappa shape index (κ2) is 14.4. The Balaban J connectivity index is 1.56. The Hall–Kier alpha value is -3.45. The van der Waals surface area contributed by atoms with Crippen LogP contribution in [0.25, 0.3) is 22.2 Å². The molecule has 12 heteroatoms. The van der Waals surface area contributed by atoms with Gasteiger partial charge < -0.3 is 23.7 Å². The molecule has 1 aliphatic heterocycles. The van der Waals surface area contributed by atoms with Crippen LogP contribution in [0.4, 0.5) is 0 Å². The van der Waals surface area contributed by atoms with Crippen LogP contribution in [0.1, 0.15) is 87.2 Å². The molecule has 2 aliphatic rings. The molecule has 0 unspecified atom stereocenters. The van der Waals surface area contributed by atoms with E-state index in [1.165, 1.54) is 31.9 Å². The number of ether oxygens (including phenoxy) is 3. The Morgan fingerprint density at radius 3 is 2.37 bits per heavy atom. The maximum Gasteiger partial charge on any atom is 0.338 e. The summed E-state index contributed by atoms with van der Waals surface area (Å²) in [4.78, 5) is 29.5. The van der Waals surface area contributed by atoms with Gasteiger partial charge in [-0.3, -0.25) is 4.79 Å². The first-order valence-corrected chi connectivity index (χ1v) is 18.7. The lowest BCUT2D eigenvalue weighted by atomic mass is 9.79. The highest BCUT2D eigenvalue weighted by molar-refractivity contribution is 7.86. The van der Waals surface area contributed by atoms with Crippen molar-refractivity contribution in [1.29, 1.82) is 0 Å². The summed E-state index contributed by atoms with van der Waals surface area (Å²) in [6, 6.07) is 12.0. The van der Waals surface area contributed by atoms with Gasteiger partial charge in [0.25, 0.3) is 10.2 Å². The van der Waals surface area contributed by atoms with E-state index >= 15 is 0 Å². The predicted molar refractivity (Wildman–Crippen MR) is 191 cm³/mol. The van der Waals surface area contributed by atoms with Gasteiger partial charge in [0.05, 0.1) is 37.0 Å². The van der Waals surface area contributed by atoms with Crippen molar-refractivity contribution in [3.63, 3.8) is 0 Å². The Kier molecular flexibility index (Phi) is 10.8. The first-order valence-electron chi connectivity index (χ1n) is 17.2. The molecule has 2 heterocycles. The summed E-state index contributed by atoms with van der Waals surface area (Å²) in [5.74, 6) is 0.680. The molecular formula is C37H52N4O7S. The van der Waals surface area contributed by atoms with Gasteiger partial charge in [-0.15, -0.1) is 0 Å². The molecule has 0 spiro atoms. The normalized spacial score (nSPS) is 18.6. The number of nitrogens with two attached hydrogens (primary N) is 1. The predicted octanol–water partition coefficient (Wildman–Crippen LogP) is 5.49. The summed E-state index contributed by atoms with van der Waals surface area (Å²) in [6.07, 6.45) is 6.25. The van der Waals surface area contributed by atoms with E-state index in [-0.39, 0.29) is 31.6 Å². The van der Waals surface area contributed by atoms with Gasteiger partial charge in [0, 0.05) is 50.2 Å². The van der Waals surface area contributed by atoms with E-state index in [4.69, 9.17) is 19.3 Å². The Bertz CT molecular complexity index is 1810. The minimum absolute atomic E-state index is 0.0382. The van der Waals surface area contributed by atoms with Gasteiger partial charge in [0.1, 0.15) is 11.4 Å². The number of hydrogen-bond acceptors (Lipinski definition) is 7. The molecule has 1 fully saturated rings. The molecule has 49 heavy (non-hydrogen) atoms. The van der Waals surface area contributed by atoms with Crippen LogP contribution in [-0.2, 0) is 37.4 Å². The van der Waals surface area contributed by atoms with Crippen molar-refractivity contribution >= 4 is 33.0 Å². The van der Waals surface area contributed by atoms with Crippen LogP contribution in [-0.4, -0.2) is 87.2 Å². The van der Waals surface area contributed by atoms with Crippen LogP contribution in [0.5, 0.6) is 5.75 Å². The molecule has 0 saturated heterocycles. The minimum Gasteiger partial charge on any atom is -0.497 e. The van der Waals surface area contributed by atoms with Gasteiger partial charge in [-0.05, 0) is 94.3 Å². The van der Waals surface area contributed by atoms with Crippen LogP contribution in [0.15, 0.2) is 36.4 Å². The number of aromatic nitrogens is 1. The fourth-order valence-electron chi connectivity index (χ4n) is 7.33. The lowest BCUT2D eigenvalue weighted by Gasteiger charge is -2.33. The zero-order chi connectivity index (χ0) is 35.7. The summed E-state index contributed by atoms with van der Waals surface area (Å²) in [5, 5.41) is 6.27. The van der Waals surface area contributed by atoms with E-state index in [2.05, 4.69) is 22.8 Å². The van der Waals surface area contributed by atoms with E-state index in [1.807, 2.05) is 45.9 Å². The summed E-state index contributed by atoms with van der Waals surface area (Å²) in [6.45, 7) is 8.84. The van der Waals surface area contributed by atoms with Gasteiger partial charge in [-0.1, -0.05) is 25.3 Å². The third-order valence-corrected chi connectivity index (χ3v) is 10.9. The number of carbonyl (C=O) groups excluding carboxylic acids is 2. The number of esters is 1. The third kappa shape index (κ3) is 8.14. The number of methoxy groups -OCH3 is 1. The number of amides is 1. The first-order chi connectivity index (χ1) is 23.0. The smallest absolute Gasteiger partial charge is 0.338 e. The minimum atomic E-state index is -3.79. The molecule has 1 aliphatic carbocycles. The molecule has 5 rings (SSSR count). The van der Waals surface area contributed by atoms with Crippen LogP contribution in [0.3, 0.4) is 0 Å². The Labute approximate surface area is 290 Å². The lowest BCUT2D eigenvalue weighted by Crippen LogP contribution is -2.45. The molecule has 11 nitrogen and oxygen atoms in total. The van der Waals surface area contributed by atoms with Crippen molar-refractivity contribution in [3.05, 3.63) is 53.1 Å². The van der Waals surface area contributed by atoms with E-state index in [0.29, 0.717) is 31.0 Å². The van der Waals surface area contributed by atoms with E-state index in [1.54, 1.807) is 19.1 Å². The number of hydrogen-bond donors (Lipinski definition) is 1. The summed E-state index contributed by atoms with van der Waals surface area (Å²) in [7, 11) is 1.03. The second-order valence-corrected chi connectivity index (χ2v) is 16.5. The Morgan fingerprint density at radius 2 is 1.71 bits per heavy atom.